The Bertz CT molecular complexity index is 538. The maximum atomic E-state index is 13.5. The molecule has 1 aromatic rings. The van der Waals surface area contributed by atoms with E-state index in [9.17, 15) is 13.6 Å². The number of carbonyl (C=O) groups is 1. The molecule has 4 nitrogen and oxygen atoms in total. The van der Waals surface area contributed by atoms with Crippen LogP contribution in [0.2, 0.25) is 0 Å². The van der Waals surface area contributed by atoms with Gasteiger partial charge in [-0.25, -0.2) is 8.78 Å². The minimum absolute atomic E-state index is 0.0273. The molecule has 2 aliphatic heterocycles. The quantitative estimate of drug-likeness (QED) is 0.890. The zero-order valence-corrected chi connectivity index (χ0v) is 11.7. The summed E-state index contributed by atoms with van der Waals surface area (Å²) in [5, 5.41) is 5.88. The van der Waals surface area contributed by atoms with Gasteiger partial charge in [-0.05, 0) is 44.0 Å². The van der Waals surface area contributed by atoms with E-state index in [1.807, 2.05) is 0 Å². The molecule has 2 unspecified atom stereocenters. The molecular weight excluding hydrogens is 276 g/mol. The Hall–Kier alpha value is -1.53. The number of amides is 1. The molecule has 0 aromatic heterocycles. The molecule has 2 N–H and O–H groups in total. The Morgan fingerprint density at radius 1 is 1.38 bits per heavy atom. The Kier molecular flexibility index (Phi) is 4.17. The molecule has 114 valence electrons. The fourth-order valence-corrected chi connectivity index (χ4v) is 3.32. The number of nitrogens with one attached hydrogen (secondary N) is 2. The predicted octanol–water partition coefficient (Wildman–Crippen LogP) is 1.59. The number of fused-ring (bicyclic) bond motifs is 1. The minimum atomic E-state index is -0.748. The summed E-state index contributed by atoms with van der Waals surface area (Å²) in [6.45, 7) is 3.06. The van der Waals surface area contributed by atoms with Crippen LogP contribution in [0, 0.1) is 17.6 Å². The van der Waals surface area contributed by atoms with Gasteiger partial charge in [-0.2, -0.15) is 0 Å². The van der Waals surface area contributed by atoms with Crippen molar-refractivity contribution in [1.29, 1.82) is 0 Å². The van der Waals surface area contributed by atoms with E-state index in [2.05, 4.69) is 15.5 Å². The first-order valence-electron chi connectivity index (χ1n) is 7.33. The van der Waals surface area contributed by atoms with Crippen LogP contribution in [0.1, 0.15) is 12.8 Å². The monoisotopic (exact) mass is 295 g/mol. The summed E-state index contributed by atoms with van der Waals surface area (Å²) in [6, 6.07) is 3.55. The second-order valence-electron chi connectivity index (χ2n) is 5.77. The highest BCUT2D eigenvalue weighted by Gasteiger charge is 2.35. The largest absolute Gasteiger partial charge is 0.322 e. The molecule has 0 radical (unpaired) electrons. The first kappa shape index (κ1) is 14.4. The maximum absolute atomic E-state index is 13.5. The number of carbonyl (C=O) groups excluding carboxylic acids is 1. The third-order valence-corrected chi connectivity index (χ3v) is 4.35. The van der Waals surface area contributed by atoms with Gasteiger partial charge in [0.25, 0.3) is 0 Å². The fourth-order valence-electron chi connectivity index (χ4n) is 3.32. The summed E-state index contributed by atoms with van der Waals surface area (Å²) in [5.74, 6) is -1.05. The standard InChI is InChI=1S/C15H19F2N3O/c16-11-3-4-13(12(17)6-11)19-15(21)9-20-5-1-2-10-7-18-8-14(10)20/h3-4,6,10,14,18H,1-2,5,7-9H2,(H,19,21). The minimum Gasteiger partial charge on any atom is -0.322 e. The number of likely N-dealkylation sites (tertiary alicyclic amines) is 1. The van der Waals surface area contributed by atoms with Gasteiger partial charge in [0.05, 0.1) is 12.2 Å². The average molecular weight is 295 g/mol. The van der Waals surface area contributed by atoms with Crippen molar-refractivity contribution in [2.24, 2.45) is 5.92 Å². The van der Waals surface area contributed by atoms with Crippen LogP contribution in [-0.4, -0.2) is 43.0 Å². The molecule has 0 spiro atoms. The van der Waals surface area contributed by atoms with Crippen LogP contribution in [0.3, 0.4) is 0 Å². The van der Waals surface area contributed by atoms with Gasteiger partial charge in [-0.1, -0.05) is 0 Å². The highest BCUT2D eigenvalue weighted by atomic mass is 19.1. The summed E-state index contributed by atoms with van der Waals surface area (Å²) < 4.78 is 26.4. The van der Waals surface area contributed by atoms with E-state index < -0.39 is 11.6 Å². The molecule has 1 aromatic carbocycles. The molecule has 2 heterocycles. The summed E-state index contributed by atoms with van der Waals surface area (Å²) in [5.41, 5.74) is 0.0273. The van der Waals surface area contributed by atoms with Gasteiger partial charge in [-0.15, -0.1) is 0 Å². The highest BCUT2D eigenvalue weighted by Crippen LogP contribution is 2.26. The first-order chi connectivity index (χ1) is 10.1. The highest BCUT2D eigenvalue weighted by molar-refractivity contribution is 5.92. The summed E-state index contributed by atoms with van der Waals surface area (Å²) >= 11 is 0. The van der Waals surface area contributed by atoms with E-state index in [-0.39, 0.29) is 18.1 Å². The van der Waals surface area contributed by atoms with Crippen molar-refractivity contribution >= 4 is 11.6 Å². The van der Waals surface area contributed by atoms with Gasteiger partial charge in [0, 0.05) is 18.7 Å². The van der Waals surface area contributed by atoms with Gasteiger partial charge >= 0.3 is 0 Å². The Morgan fingerprint density at radius 2 is 2.24 bits per heavy atom. The zero-order chi connectivity index (χ0) is 14.8. The van der Waals surface area contributed by atoms with E-state index in [4.69, 9.17) is 0 Å². The number of hydrogen-bond donors (Lipinski definition) is 2. The summed E-state index contributed by atoms with van der Waals surface area (Å²) in [6.07, 6.45) is 2.28. The number of nitrogens with zero attached hydrogens (tertiary/aromatic N) is 1. The van der Waals surface area contributed by atoms with E-state index in [0.29, 0.717) is 12.0 Å². The molecule has 2 saturated heterocycles. The van der Waals surface area contributed by atoms with Crippen LogP contribution < -0.4 is 10.6 Å². The smallest absolute Gasteiger partial charge is 0.238 e. The second kappa shape index (κ2) is 6.07. The zero-order valence-electron chi connectivity index (χ0n) is 11.7. The van der Waals surface area contributed by atoms with Crippen molar-refractivity contribution in [3.63, 3.8) is 0 Å². The molecule has 2 fully saturated rings. The number of rotatable bonds is 3. The lowest BCUT2D eigenvalue weighted by Gasteiger charge is -2.36. The molecular formula is C15H19F2N3O. The number of halogens is 2. The lowest BCUT2D eigenvalue weighted by Crippen LogP contribution is -2.48. The molecule has 0 bridgehead atoms. The van der Waals surface area contributed by atoms with Crippen molar-refractivity contribution in [3.8, 4) is 0 Å². The Balaban J connectivity index is 1.61. The van der Waals surface area contributed by atoms with Crippen LogP contribution in [0.4, 0.5) is 14.5 Å². The Labute approximate surface area is 122 Å². The molecule has 2 aliphatic rings. The molecule has 6 heteroatoms. The predicted molar refractivity (Wildman–Crippen MR) is 75.9 cm³/mol. The van der Waals surface area contributed by atoms with E-state index >= 15 is 0 Å². The van der Waals surface area contributed by atoms with Crippen LogP contribution in [0.25, 0.3) is 0 Å². The number of benzene rings is 1. The fraction of sp³-hybridized carbons (Fsp3) is 0.533. The van der Waals surface area contributed by atoms with Crippen LogP contribution >= 0.6 is 0 Å². The van der Waals surface area contributed by atoms with Crippen molar-refractivity contribution in [2.75, 3.05) is 31.5 Å². The number of piperidine rings is 1. The third kappa shape index (κ3) is 3.22. The third-order valence-electron chi connectivity index (χ3n) is 4.35. The molecule has 0 aliphatic carbocycles. The van der Waals surface area contributed by atoms with Crippen molar-refractivity contribution in [2.45, 2.75) is 18.9 Å². The maximum Gasteiger partial charge on any atom is 0.238 e. The summed E-state index contributed by atoms with van der Waals surface area (Å²) in [7, 11) is 0. The molecule has 3 rings (SSSR count). The molecule has 2 atom stereocenters. The lowest BCUT2D eigenvalue weighted by molar-refractivity contribution is -0.118. The van der Waals surface area contributed by atoms with Crippen LogP contribution in [0.5, 0.6) is 0 Å². The number of hydrogen-bond acceptors (Lipinski definition) is 3. The second-order valence-corrected chi connectivity index (χ2v) is 5.77. The average Bonchev–Trinajstić information content (AvgIpc) is 2.91. The van der Waals surface area contributed by atoms with Gasteiger partial charge in [0.15, 0.2) is 0 Å². The lowest BCUT2D eigenvalue weighted by atomic mass is 9.92. The molecule has 21 heavy (non-hydrogen) atoms. The van der Waals surface area contributed by atoms with Gasteiger partial charge < -0.3 is 10.6 Å². The van der Waals surface area contributed by atoms with Crippen LogP contribution in [0.15, 0.2) is 18.2 Å². The van der Waals surface area contributed by atoms with E-state index in [1.54, 1.807) is 0 Å². The summed E-state index contributed by atoms with van der Waals surface area (Å²) in [4.78, 5) is 14.2. The van der Waals surface area contributed by atoms with Gasteiger partial charge in [-0.3, -0.25) is 9.69 Å². The van der Waals surface area contributed by atoms with Crippen LogP contribution in [-0.2, 0) is 4.79 Å². The Morgan fingerprint density at radius 3 is 3.05 bits per heavy atom. The van der Waals surface area contributed by atoms with E-state index in [0.717, 1.165) is 38.2 Å². The van der Waals surface area contributed by atoms with Crippen molar-refractivity contribution in [3.05, 3.63) is 29.8 Å². The van der Waals surface area contributed by atoms with Crippen molar-refractivity contribution in [1.82, 2.24) is 10.2 Å². The van der Waals surface area contributed by atoms with Gasteiger partial charge in [0.2, 0.25) is 5.91 Å². The van der Waals surface area contributed by atoms with Gasteiger partial charge in [0.1, 0.15) is 11.6 Å². The topological polar surface area (TPSA) is 44.4 Å². The van der Waals surface area contributed by atoms with E-state index in [1.165, 1.54) is 12.5 Å². The number of anilines is 1. The molecule has 0 saturated carbocycles. The van der Waals surface area contributed by atoms with Crippen molar-refractivity contribution < 1.29 is 13.6 Å². The first-order valence-corrected chi connectivity index (χ1v) is 7.33. The SMILES string of the molecule is O=C(CN1CCCC2CNCC21)Nc1ccc(F)cc1F. The molecule has 1 amide bonds. The normalized spacial score (nSPS) is 25.6.